The van der Waals surface area contributed by atoms with Gasteiger partial charge in [-0.05, 0) is 29.8 Å². The molecule has 4 heteroatoms. The molecule has 0 unspecified atom stereocenters. The number of nitrogens with one attached hydrogen (secondary N) is 1. The van der Waals surface area contributed by atoms with E-state index in [0.29, 0.717) is 15.7 Å². The molecule has 0 spiro atoms. The highest BCUT2D eigenvalue weighted by atomic mass is 35.5. The Balaban J connectivity index is 2.03. The first-order chi connectivity index (χ1) is 8.65. The fourth-order valence-corrected chi connectivity index (χ4v) is 1.99. The van der Waals surface area contributed by atoms with Crippen LogP contribution >= 0.6 is 23.2 Å². The summed E-state index contributed by atoms with van der Waals surface area (Å²) in [6, 6.07) is 14.4. The van der Waals surface area contributed by atoms with Gasteiger partial charge in [-0.2, -0.15) is 0 Å². The maximum absolute atomic E-state index is 11.8. The fraction of sp³-hybridized carbons (Fsp3) is 0.0714. The minimum absolute atomic E-state index is 0.120. The van der Waals surface area contributed by atoms with E-state index >= 15 is 0 Å². The molecule has 0 bridgehead atoms. The summed E-state index contributed by atoms with van der Waals surface area (Å²) >= 11 is 11.8. The molecule has 1 amide bonds. The lowest BCUT2D eigenvalue weighted by atomic mass is 10.1. The van der Waals surface area contributed by atoms with Gasteiger partial charge in [0, 0.05) is 5.02 Å². The topological polar surface area (TPSA) is 29.1 Å². The van der Waals surface area contributed by atoms with E-state index in [1.165, 1.54) is 0 Å². The third-order valence-electron chi connectivity index (χ3n) is 2.40. The van der Waals surface area contributed by atoms with Crippen molar-refractivity contribution >= 4 is 34.8 Å². The Labute approximate surface area is 116 Å². The van der Waals surface area contributed by atoms with Crippen molar-refractivity contribution in [3.8, 4) is 0 Å². The SMILES string of the molecule is O=C(Cc1cccc(Cl)c1)Nc1ccccc1Cl. The quantitative estimate of drug-likeness (QED) is 0.898. The molecule has 0 saturated heterocycles. The van der Waals surface area contributed by atoms with Gasteiger partial charge in [0.15, 0.2) is 0 Å². The number of benzene rings is 2. The molecule has 2 rings (SSSR count). The maximum Gasteiger partial charge on any atom is 0.228 e. The Hall–Kier alpha value is -1.51. The predicted molar refractivity (Wildman–Crippen MR) is 75.2 cm³/mol. The summed E-state index contributed by atoms with van der Waals surface area (Å²) in [5.74, 6) is -0.120. The number of carbonyl (C=O) groups excluding carboxylic acids is 1. The van der Waals surface area contributed by atoms with Crippen molar-refractivity contribution in [2.75, 3.05) is 5.32 Å². The van der Waals surface area contributed by atoms with E-state index < -0.39 is 0 Å². The van der Waals surface area contributed by atoms with Crippen molar-refractivity contribution in [3.63, 3.8) is 0 Å². The van der Waals surface area contributed by atoms with E-state index in [9.17, 15) is 4.79 Å². The molecule has 0 saturated carbocycles. The minimum Gasteiger partial charge on any atom is -0.324 e. The third kappa shape index (κ3) is 3.49. The molecular formula is C14H11Cl2NO. The minimum atomic E-state index is -0.120. The Kier molecular flexibility index (Phi) is 4.24. The van der Waals surface area contributed by atoms with Crippen LogP contribution in [-0.4, -0.2) is 5.91 Å². The number of amides is 1. The summed E-state index contributed by atoms with van der Waals surface area (Å²) in [7, 11) is 0. The molecule has 0 radical (unpaired) electrons. The molecular weight excluding hydrogens is 269 g/mol. The first-order valence-electron chi connectivity index (χ1n) is 5.44. The van der Waals surface area contributed by atoms with Crippen LogP contribution in [0.3, 0.4) is 0 Å². The van der Waals surface area contributed by atoms with Crippen LogP contribution in [0.1, 0.15) is 5.56 Å². The van der Waals surface area contributed by atoms with Crippen LogP contribution < -0.4 is 5.32 Å². The van der Waals surface area contributed by atoms with Gasteiger partial charge in [-0.3, -0.25) is 4.79 Å². The first kappa shape index (κ1) is 12.9. The number of carbonyl (C=O) groups is 1. The number of rotatable bonds is 3. The van der Waals surface area contributed by atoms with Crippen molar-refractivity contribution in [2.45, 2.75) is 6.42 Å². The smallest absolute Gasteiger partial charge is 0.228 e. The van der Waals surface area contributed by atoms with Gasteiger partial charge in [0.25, 0.3) is 0 Å². The second-order valence-electron chi connectivity index (χ2n) is 3.83. The van der Waals surface area contributed by atoms with Gasteiger partial charge in [0.1, 0.15) is 0 Å². The Morgan fingerprint density at radius 2 is 1.83 bits per heavy atom. The largest absolute Gasteiger partial charge is 0.324 e. The molecule has 2 aromatic carbocycles. The van der Waals surface area contributed by atoms with E-state index in [1.807, 2.05) is 24.3 Å². The first-order valence-corrected chi connectivity index (χ1v) is 6.19. The van der Waals surface area contributed by atoms with Crippen molar-refractivity contribution in [3.05, 3.63) is 64.1 Å². The normalized spacial score (nSPS) is 10.1. The van der Waals surface area contributed by atoms with Crippen LogP contribution in [0.25, 0.3) is 0 Å². The fourth-order valence-electron chi connectivity index (χ4n) is 1.59. The molecule has 0 atom stereocenters. The molecule has 0 aliphatic rings. The maximum atomic E-state index is 11.8. The molecule has 92 valence electrons. The van der Waals surface area contributed by atoms with Gasteiger partial charge < -0.3 is 5.32 Å². The monoisotopic (exact) mass is 279 g/mol. The highest BCUT2D eigenvalue weighted by molar-refractivity contribution is 6.33. The van der Waals surface area contributed by atoms with Gasteiger partial charge in [-0.25, -0.2) is 0 Å². The van der Waals surface area contributed by atoms with Crippen molar-refractivity contribution in [2.24, 2.45) is 0 Å². The van der Waals surface area contributed by atoms with Gasteiger partial charge >= 0.3 is 0 Å². The summed E-state index contributed by atoms with van der Waals surface area (Å²) in [6.45, 7) is 0. The van der Waals surface area contributed by atoms with Gasteiger partial charge in [-0.1, -0.05) is 47.5 Å². The molecule has 2 nitrogen and oxygen atoms in total. The molecule has 0 fully saturated rings. The Bertz CT molecular complexity index is 569. The van der Waals surface area contributed by atoms with Crippen molar-refractivity contribution in [1.29, 1.82) is 0 Å². The second kappa shape index (κ2) is 5.89. The zero-order valence-corrected chi connectivity index (χ0v) is 11.0. The molecule has 0 aliphatic heterocycles. The summed E-state index contributed by atoms with van der Waals surface area (Å²) < 4.78 is 0. The van der Waals surface area contributed by atoms with E-state index in [-0.39, 0.29) is 12.3 Å². The summed E-state index contributed by atoms with van der Waals surface area (Å²) in [4.78, 5) is 11.8. The number of halogens is 2. The molecule has 1 N–H and O–H groups in total. The van der Waals surface area contributed by atoms with Crippen LogP contribution in [0, 0.1) is 0 Å². The van der Waals surface area contributed by atoms with E-state index in [4.69, 9.17) is 23.2 Å². The molecule has 18 heavy (non-hydrogen) atoms. The van der Waals surface area contributed by atoms with E-state index in [0.717, 1.165) is 5.56 Å². The van der Waals surface area contributed by atoms with Crippen LogP contribution in [0.15, 0.2) is 48.5 Å². The Morgan fingerprint density at radius 1 is 1.06 bits per heavy atom. The average molecular weight is 280 g/mol. The number of hydrogen-bond acceptors (Lipinski definition) is 1. The van der Waals surface area contributed by atoms with Crippen LogP contribution in [0.4, 0.5) is 5.69 Å². The highest BCUT2D eigenvalue weighted by Gasteiger charge is 2.06. The lowest BCUT2D eigenvalue weighted by Crippen LogP contribution is -2.14. The lowest BCUT2D eigenvalue weighted by Gasteiger charge is -2.07. The molecule has 2 aromatic rings. The van der Waals surface area contributed by atoms with Gasteiger partial charge in [0.05, 0.1) is 17.1 Å². The summed E-state index contributed by atoms with van der Waals surface area (Å²) in [5.41, 5.74) is 1.48. The number of para-hydroxylation sites is 1. The predicted octanol–water partition coefficient (Wildman–Crippen LogP) is 4.17. The number of anilines is 1. The van der Waals surface area contributed by atoms with E-state index in [1.54, 1.807) is 24.3 Å². The lowest BCUT2D eigenvalue weighted by molar-refractivity contribution is -0.115. The average Bonchev–Trinajstić information content (AvgIpc) is 2.32. The van der Waals surface area contributed by atoms with Crippen LogP contribution in [0.5, 0.6) is 0 Å². The van der Waals surface area contributed by atoms with Crippen molar-refractivity contribution < 1.29 is 4.79 Å². The third-order valence-corrected chi connectivity index (χ3v) is 2.97. The van der Waals surface area contributed by atoms with Crippen LogP contribution in [-0.2, 0) is 11.2 Å². The van der Waals surface area contributed by atoms with E-state index in [2.05, 4.69) is 5.32 Å². The summed E-state index contributed by atoms with van der Waals surface area (Å²) in [5, 5.41) is 3.91. The number of hydrogen-bond donors (Lipinski definition) is 1. The Morgan fingerprint density at radius 3 is 2.56 bits per heavy atom. The highest BCUT2D eigenvalue weighted by Crippen LogP contribution is 2.20. The standard InChI is InChI=1S/C14H11Cl2NO/c15-11-5-3-4-10(8-11)9-14(18)17-13-7-2-1-6-12(13)16/h1-8H,9H2,(H,17,18). The van der Waals surface area contributed by atoms with Crippen LogP contribution in [0.2, 0.25) is 10.0 Å². The van der Waals surface area contributed by atoms with Gasteiger partial charge in [0.2, 0.25) is 5.91 Å². The zero-order valence-electron chi connectivity index (χ0n) is 9.49. The zero-order chi connectivity index (χ0) is 13.0. The van der Waals surface area contributed by atoms with Gasteiger partial charge in [-0.15, -0.1) is 0 Å². The second-order valence-corrected chi connectivity index (χ2v) is 4.68. The van der Waals surface area contributed by atoms with Crippen molar-refractivity contribution in [1.82, 2.24) is 0 Å². The molecule has 0 heterocycles. The molecule has 0 aliphatic carbocycles. The molecule has 0 aromatic heterocycles. The summed E-state index contributed by atoms with van der Waals surface area (Å²) in [6.07, 6.45) is 0.270.